The molecule has 1 atom stereocenters. The number of aliphatic hydroxyl groups is 1. The number of rotatable bonds is 17. The van der Waals surface area contributed by atoms with Gasteiger partial charge < -0.3 is 19.3 Å². The molecule has 0 aliphatic heterocycles. The number of hydrogen-bond donors (Lipinski definition) is 1. The molecule has 5 heteroatoms. The van der Waals surface area contributed by atoms with Crippen molar-refractivity contribution in [3.05, 3.63) is 72.3 Å². The van der Waals surface area contributed by atoms with Gasteiger partial charge in [-0.3, -0.25) is 0 Å². The summed E-state index contributed by atoms with van der Waals surface area (Å²) in [6, 6.07) is 15.5. The van der Waals surface area contributed by atoms with Crippen molar-refractivity contribution in [2.24, 2.45) is 11.8 Å². The van der Waals surface area contributed by atoms with Gasteiger partial charge in [-0.25, -0.2) is 4.79 Å². The molecule has 0 spiro atoms. The normalized spacial score (nSPS) is 17.9. The summed E-state index contributed by atoms with van der Waals surface area (Å²) in [7, 11) is 0. The quantitative estimate of drug-likeness (QED) is 0.0988. The van der Waals surface area contributed by atoms with Crippen LogP contribution >= 0.6 is 0 Å². The number of esters is 1. The zero-order valence-electron chi connectivity index (χ0n) is 23.1. The van der Waals surface area contributed by atoms with Crippen molar-refractivity contribution in [3.8, 4) is 11.5 Å². The first-order valence-corrected chi connectivity index (χ1v) is 14.5. The van der Waals surface area contributed by atoms with Crippen molar-refractivity contribution in [1.29, 1.82) is 0 Å². The van der Waals surface area contributed by atoms with E-state index in [9.17, 15) is 9.90 Å². The molecule has 0 bridgehead atoms. The highest BCUT2D eigenvalue weighted by atomic mass is 16.6. The lowest BCUT2D eigenvalue weighted by Crippen LogP contribution is -2.15. The van der Waals surface area contributed by atoms with Gasteiger partial charge in [0.25, 0.3) is 0 Å². The smallest absolute Gasteiger partial charge is 0.330 e. The van der Waals surface area contributed by atoms with Crippen LogP contribution in [-0.2, 0) is 16.0 Å². The number of unbranched alkanes of at least 4 members (excludes halogenated alkanes) is 3. The first-order chi connectivity index (χ1) is 18.6. The highest BCUT2D eigenvalue weighted by molar-refractivity contribution is 5.81. The minimum atomic E-state index is -1.02. The summed E-state index contributed by atoms with van der Waals surface area (Å²) in [6.07, 6.45) is 14.6. The number of carbonyl (C=O) groups is 1. The molecule has 1 aliphatic rings. The lowest BCUT2D eigenvalue weighted by molar-refractivity contribution is -0.137. The molecule has 38 heavy (non-hydrogen) atoms. The molecule has 2 aromatic carbocycles. The van der Waals surface area contributed by atoms with Crippen molar-refractivity contribution in [2.75, 3.05) is 13.2 Å². The minimum absolute atomic E-state index is 0.370. The summed E-state index contributed by atoms with van der Waals surface area (Å²) in [6.45, 7) is 6.73. The zero-order valence-corrected chi connectivity index (χ0v) is 23.1. The Morgan fingerprint density at radius 1 is 0.895 bits per heavy atom. The lowest BCUT2D eigenvalue weighted by atomic mass is 9.78. The predicted molar refractivity (Wildman–Crippen MR) is 152 cm³/mol. The van der Waals surface area contributed by atoms with E-state index in [4.69, 9.17) is 14.2 Å². The number of carbonyl (C=O) groups excluding carboxylic acids is 1. The van der Waals surface area contributed by atoms with Gasteiger partial charge in [-0.15, -0.1) is 0 Å². The molecule has 0 saturated heterocycles. The topological polar surface area (TPSA) is 65.0 Å². The third kappa shape index (κ3) is 10.9. The maximum atomic E-state index is 11.0. The Balaban J connectivity index is 1.30. The Kier molecular flexibility index (Phi) is 13.3. The molecular weight excluding hydrogens is 476 g/mol. The fourth-order valence-electron chi connectivity index (χ4n) is 5.23. The molecule has 5 nitrogen and oxygen atoms in total. The van der Waals surface area contributed by atoms with Gasteiger partial charge in [0.2, 0.25) is 6.29 Å². The fourth-order valence-corrected chi connectivity index (χ4v) is 5.23. The summed E-state index contributed by atoms with van der Waals surface area (Å²) in [4.78, 5) is 11.0. The molecule has 0 heterocycles. The Morgan fingerprint density at radius 2 is 1.50 bits per heavy atom. The van der Waals surface area contributed by atoms with E-state index < -0.39 is 6.29 Å². The largest absolute Gasteiger partial charge is 0.494 e. The number of aliphatic hydroxyl groups excluding tert-OH is 1. The Bertz CT molecular complexity index is 929. The molecule has 1 fully saturated rings. The van der Waals surface area contributed by atoms with Crippen LogP contribution in [0, 0.1) is 11.8 Å². The average molecular weight is 523 g/mol. The summed E-state index contributed by atoms with van der Waals surface area (Å²) in [5.41, 5.74) is 2.02. The molecule has 3 rings (SSSR count). The van der Waals surface area contributed by atoms with Gasteiger partial charge in [0.15, 0.2) is 0 Å². The van der Waals surface area contributed by atoms with Crippen LogP contribution in [0.5, 0.6) is 11.5 Å². The second kappa shape index (κ2) is 16.9. The maximum Gasteiger partial charge on any atom is 0.330 e. The van der Waals surface area contributed by atoms with Crippen LogP contribution < -0.4 is 9.47 Å². The molecule has 1 N–H and O–H groups in total. The van der Waals surface area contributed by atoms with Gasteiger partial charge in [0.05, 0.1) is 13.2 Å². The van der Waals surface area contributed by atoms with E-state index in [-0.39, 0.29) is 5.97 Å². The Morgan fingerprint density at radius 3 is 2.13 bits per heavy atom. The third-order valence-electron chi connectivity index (χ3n) is 7.56. The van der Waals surface area contributed by atoms with Crippen molar-refractivity contribution in [1.82, 2.24) is 0 Å². The predicted octanol–water partition coefficient (Wildman–Crippen LogP) is 7.96. The number of hydrogen-bond acceptors (Lipinski definition) is 5. The maximum absolute atomic E-state index is 11.0. The monoisotopic (exact) mass is 522 g/mol. The van der Waals surface area contributed by atoms with Crippen LogP contribution in [0.3, 0.4) is 0 Å². The van der Waals surface area contributed by atoms with Crippen molar-refractivity contribution < 1.29 is 24.1 Å². The van der Waals surface area contributed by atoms with E-state index in [0.717, 1.165) is 49.7 Å². The zero-order chi connectivity index (χ0) is 27.0. The average Bonchev–Trinajstić information content (AvgIpc) is 2.95. The highest BCUT2D eigenvalue weighted by Gasteiger charge is 2.20. The molecule has 1 saturated carbocycles. The van der Waals surface area contributed by atoms with Crippen LogP contribution in [0.4, 0.5) is 0 Å². The lowest BCUT2D eigenvalue weighted by Gasteiger charge is -2.28. The van der Waals surface area contributed by atoms with E-state index in [0.29, 0.717) is 24.5 Å². The van der Waals surface area contributed by atoms with Gasteiger partial charge in [-0.2, -0.15) is 0 Å². The summed E-state index contributed by atoms with van der Waals surface area (Å²) in [5, 5.41) is 10.5. The molecule has 0 amide bonds. The minimum Gasteiger partial charge on any atom is -0.494 e. The second-order valence-corrected chi connectivity index (χ2v) is 10.5. The standard InChI is InChI=1S/C33H46O5/c1-3-9-26-10-12-27(13-11-26)14-15-28-16-20-31(21-17-28)38-33(35)29-18-22-30(23-19-29)36-24-7-5-6-8-25-37-32(34)4-2/h4,16-23,26-27,33,35H,2-3,5-15,24-25H2,1H3. The van der Waals surface area contributed by atoms with Crippen LogP contribution in [-0.4, -0.2) is 24.3 Å². The molecular formula is C33H46O5. The van der Waals surface area contributed by atoms with Crippen molar-refractivity contribution in [2.45, 2.75) is 90.3 Å². The Labute approximate surface area is 229 Å². The van der Waals surface area contributed by atoms with Crippen molar-refractivity contribution in [3.63, 3.8) is 0 Å². The molecule has 0 radical (unpaired) electrons. The molecule has 2 aromatic rings. The highest BCUT2D eigenvalue weighted by Crippen LogP contribution is 2.34. The first-order valence-electron chi connectivity index (χ1n) is 14.5. The molecule has 0 aromatic heterocycles. The third-order valence-corrected chi connectivity index (χ3v) is 7.56. The summed E-state index contributed by atoms with van der Waals surface area (Å²) >= 11 is 0. The van der Waals surface area contributed by atoms with E-state index in [2.05, 4.69) is 25.6 Å². The van der Waals surface area contributed by atoms with Crippen LogP contribution in [0.1, 0.15) is 95.0 Å². The number of ether oxygens (including phenoxy) is 3. The van der Waals surface area contributed by atoms with Gasteiger partial charge in [0.1, 0.15) is 11.5 Å². The van der Waals surface area contributed by atoms with Crippen molar-refractivity contribution >= 4 is 5.97 Å². The van der Waals surface area contributed by atoms with Crippen LogP contribution in [0.15, 0.2) is 61.2 Å². The summed E-state index contributed by atoms with van der Waals surface area (Å²) in [5.74, 6) is 2.90. The molecule has 1 aliphatic carbocycles. The molecule has 1 unspecified atom stereocenters. The van der Waals surface area contributed by atoms with Crippen LogP contribution in [0.25, 0.3) is 0 Å². The molecule has 208 valence electrons. The van der Waals surface area contributed by atoms with E-state index in [1.54, 1.807) is 0 Å². The van der Waals surface area contributed by atoms with Gasteiger partial charge >= 0.3 is 5.97 Å². The van der Waals surface area contributed by atoms with E-state index in [1.165, 1.54) is 56.6 Å². The van der Waals surface area contributed by atoms with Gasteiger partial charge in [-0.05, 0) is 92.3 Å². The van der Waals surface area contributed by atoms with E-state index in [1.807, 2.05) is 36.4 Å². The van der Waals surface area contributed by atoms with Gasteiger partial charge in [-0.1, -0.05) is 64.2 Å². The second-order valence-electron chi connectivity index (χ2n) is 10.5. The Hall–Kier alpha value is -2.79. The first kappa shape index (κ1) is 29.8. The summed E-state index contributed by atoms with van der Waals surface area (Å²) < 4.78 is 16.5. The van der Waals surface area contributed by atoms with E-state index >= 15 is 0 Å². The number of benzene rings is 2. The number of aryl methyl sites for hydroxylation is 1. The SMILES string of the molecule is C=CC(=O)OCCCCCCOc1ccc(C(O)Oc2ccc(CCC3CCC(CCC)CC3)cc2)cc1. The fraction of sp³-hybridized carbons (Fsp3) is 0.545. The van der Waals surface area contributed by atoms with Gasteiger partial charge in [0, 0.05) is 11.6 Å². The van der Waals surface area contributed by atoms with Crippen LogP contribution in [0.2, 0.25) is 0 Å².